The topological polar surface area (TPSA) is 194 Å². The molecule has 0 aromatic heterocycles. The van der Waals surface area contributed by atoms with Crippen LogP contribution in [0, 0.1) is 5.41 Å². The van der Waals surface area contributed by atoms with Gasteiger partial charge in [-0.2, -0.15) is 4.31 Å². The Morgan fingerprint density at radius 1 is 1.14 bits per heavy atom. The van der Waals surface area contributed by atoms with Gasteiger partial charge >= 0.3 is 5.97 Å². The fraction of sp³-hybridized carbons (Fsp3) is 0.522. The van der Waals surface area contributed by atoms with E-state index in [0.717, 1.165) is 4.31 Å². The van der Waals surface area contributed by atoms with Crippen LogP contribution in [0.3, 0.4) is 0 Å². The number of aliphatic carboxylic acids is 1. The van der Waals surface area contributed by atoms with Crippen LogP contribution < -0.4 is 11.1 Å². The number of likely N-dealkylation sites (tertiary alicyclic amines) is 1. The van der Waals surface area contributed by atoms with Gasteiger partial charge in [0.15, 0.2) is 5.96 Å². The number of carboxylic acid groups (broad SMARTS) is 1. The molecule has 3 heterocycles. The molecule has 3 aliphatic rings. The van der Waals surface area contributed by atoms with Crippen LogP contribution >= 0.6 is 0 Å². The van der Waals surface area contributed by atoms with E-state index in [2.05, 4.69) is 5.32 Å². The lowest BCUT2D eigenvalue weighted by Gasteiger charge is -2.42. The molecule has 2 amide bonds. The zero-order chi connectivity index (χ0) is 27.0. The molecule has 3 fully saturated rings. The van der Waals surface area contributed by atoms with Gasteiger partial charge in [0.05, 0.1) is 12.3 Å². The minimum Gasteiger partial charge on any atom is -0.475 e. The lowest BCUT2D eigenvalue weighted by atomic mass is 9.83. The molecule has 3 aliphatic heterocycles. The van der Waals surface area contributed by atoms with Crippen molar-refractivity contribution in [2.24, 2.45) is 5.73 Å². The third-order valence-corrected chi connectivity index (χ3v) is 9.12. The molecule has 5 N–H and O–H groups in total. The summed E-state index contributed by atoms with van der Waals surface area (Å²) in [6.45, 7) is -0.128. The second-order valence-corrected chi connectivity index (χ2v) is 11.6. The van der Waals surface area contributed by atoms with Gasteiger partial charge in [0, 0.05) is 25.7 Å². The molecule has 0 saturated carbocycles. The summed E-state index contributed by atoms with van der Waals surface area (Å²) in [6, 6.07) is 7.19. The number of nitrogens with zero attached hydrogens (tertiary/aromatic N) is 3. The first-order valence-corrected chi connectivity index (χ1v) is 13.6. The van der Waals surface area contributed by atoms with Crippen molar-refractivity contribution in [2.45, 2.75) is 49.1 Å². The van der Waals surface area contributed by atoms with E-state index in [1.165, 1.54) is 9.80 Å². The molecule has 0 spiro atoms. The normalized spacial score (nSPS) is 23.8. The second kappa shape index (κ2) is 10.1. The highest BCUT2D eigenvalue weighted by Crippen LogP contribution is 2.32. The highest BCUT2D eigenvalue weighted by molar-refractivity contribution is 7.88. The smallest absolute Gasteiger partial charge is 0.374 e. The third kappa shape index (κ3) is 5.30. The Morgan fingerprint density at radius 3 is 2.38 bits per heavy atom. The van der Waals surface area contributed by atoms with Crippen molar-refractivity contribution in [3.05, 3.63) is 35.9 Å². The predicted molar refractivity (Wildman–Crippen MR) is 131 cm³/mol. The first-order chi connectivity index (χ1) is 17.4. The van der Waals surface area contributed by atoms with Gasteiger partial charge in [-0.25, -0.2) is 13.2 Å². The van der Waals surface area contributed by atoms with Gasteiger partial charge in [0.1, 0.15) is 11.6 Å². The number of carbonyl (C=O) groups excluding carboxylic acids is 3. The van der Waals surface area contributed by atoms with E-state index >= 15 is 0 Å². The highest BCUT2D eigenvalue weighted by atomic mass is 32.2. The Balaban J connectivity index is 1.46. The van der Waals surface area contributed by atoms with Crippen molar-refractivity contribution in [3.8, 4) is 0 Å². The summed E-state index contributed by atoms with van der Waals surface area (Å²) in [5, 5.41) is 19.6. The SMILES string of the molecule is N=C(N)N1CCC(NC(=O)C2CCC3CN(S(=O)(=O)Cc4ccccc4)CC(=O)N32)(C(=O)C(=O)O)CC1. The van der Waals surface area contributed by atoms with Crippen molar-refractivity contribution >= 4 is 39.5 Å². The number of sulfonamides is 1. The number of hydrogen-bond donors (Lipinski definition) is 4. The van der Waals surface area contributed by atoms with Crippen LogP contribution in [-0.2, 0) is 35.0 Å². The van der Waals surface area contributed by atoms with Crippen LogP contribution in [0.25, 0.3) is 0 Å². The Morgan fingerprint density at radius 2 is 1.78 bits per heavy atom. The summed E-state index contributed by atoms with van der Waals surface area (Å²) in [4.78, 5) is 53.4. The van der Waals surface area contributed by atoms with Crippen LogP contribution in [0.2, 0.25) is 0 Å². The van der Waals surface area contributed by atoms with Gasteiger partial charge < -0.3 is 26.0 Å². The number of rotatable bonds is 7. The number of fused-ring (bicyclic) bond motifs is 1. The number of nitrogens with one attached hydrogen (secondary N) is 2. The van der Waals surface area contributed by atoms with E-state index in [9.17, 15) is 32.7 Å². The number of Topliss-reactive ketones (excluding diaryl/α,β-unsaturated/α-hetero) is 1. The number of nitrogens with two attached hydrogens (primary N) is 1. The van der Waals surface area contributed by atoms with Crippen molar-refractivity contribution in [3.63, 3.8) is 0 Å². The highest BCUT2D eigenvalue weighted by Gasteiger charge is 2.51. The molecule has 0 bridgehead atoms. The van der Waals surface area contributed by atoms with Crippen molar-refractivity contribution in [1.29, 1.82) is 5.41 Å². The van der Waals surface area contributed by atoms with E-state index in [4.69, 9.17) is 11.1 Å². The summed E-state index contributed by atoms with van der Waals surface area (Å²) in [5.74, 6) is -4.48. The molecule has 4 rings (SSSR count). The predicted octanol–water partition coefficient (Wildman–Crippen LogP) is -1.31. The first-order valence-electron chi connectivity index (χ1n) is 12.0. The van der Waals surface area contributed by atoms with Crippen molar-refractivity contribution in [1.82, 2.24) is 19.4 Å². The number of ketones is 1. The van der Waals surface area contributed by atoms with E-state index in [-0.39, 0.29) is 50.6 Å². The van der Waals surface area contributed by atoms with Crippen LogP contribution in [0.15, 0.2) is 30.3 Å². The van der Waals surface area contributed by atoms with Crippen LogP contribution in [0.4, 0.5) is 0 Å². The van der Waals surface area contributed by atoms with Gasteiger partial charge in [-0.1, -0.05) is 30.3 Å². The first kappa shape index (κ1) is 26.5. The quantitative estimate of drug-likeness (QED) is 0.187. The molecule has 0 aliphatic carbocycles. The van der Waals surface area contributed by atoms with E-state index in [1.807, 2.05) is 0 Å². The van der Waals surface area contributed by atoms with Crippen molar-refractivity contribution in [2.75, 3.05) is 26.2 Å². The number of carbonyl (C=O) groups is 4. The Hall–Kier alpha value is -3.52. The van der Waals surface area contributed by atoms with Gasteiger partial charge in [-0.3, -0.25) is 19.8 Å². The molecule has 1 aromatic carbocycles. The number of piperidine rings is 1. The average Bonchev–Trinajstić information content (AvgIpc) is 3.29. The summed E-state index contributed by atoms with van der Waals surface area (Å²) in [5.41, 5.74) is 4.41. The molecular weight excluding hydrogens is 504 g/mol. The molecular formula is C23H30N6O7S. The average molecular weight is 535 g/mol. The number of guanidine groups is 1. The van der Waals surface area contributed by atoms with Gasteiger partial charge in [-0.15, -0.1) is 0 Å². The number of piperazine rings is 1. The molecule has 200 valence electrons. The molecule has 2 unspecified atom stereocenters. The van der Waals surface area contributed by atoms with Crippen molar-refractivity contribution < 1.29 is 32.7 Å². The van der Waals surface area contributed by atoms with Crippen LogP contribution in [0.5, 0.6) is 0 Å². The fourth-order valence-electron chi connectivity index (χ4n) is 5.38. The van der Waals surface area contributed by atoms with Crippen LogP contribution in [0.1, 0.15) is 31.2 Å². The zero-order valence-corrected chi connectivity index (χ0v) is 20.9. The molecule has 3 saturated heterocycles. The molecule has 0 radical (unpaired) electrons. The third-order valence-electron chi connectivity index (χ3n) is 7.35. The van der Waals surface area contributed by atoms with Gasteiger partial charge in [0.2, 0.25) is 21.8 Å². The number of amides is 2. The van der Waals surface area contributed by atoms with E-state index < -0.39 is 57.8 Å². The molecule has 37 heavy (non-hydrogen) atoms. The van der Waals surface area contributed by atoms with E-state index in [0.29, 0.717) is 12.0 Å². The van der Waals surface area contributed by atoms with E-state index in [1.54, 1.807) is 30.3 Å². The molecule has 2 atom stereocenters. The standard InChI is InChI=1S/C23H30N6O7S/c24-22(25)27-10-8-23(9-11-27,19(31)21(33)34)26-20(32)17-7-6-16-12-28(13-18(30)29(16)17)37(35,36)14-15-4-2-1-3-5-15/h1-5,16-17H,6-14H2,(H3,24,25)(H,26,32)(H,33,34). The molecule has 13 nitrogen and oxygen atoms in total. The maximum atomic E-state index is 13.3. The van der Waals surface area contributed by atoms with Crippen LogP contribution in [-0.4, -0.2) is 101 Å². The molecule has 1 aromatic rings. The van der Waals surface area contributed by atoms with Gasteiger partial charge in [-0.05, 0) is 31.2 Å². The number of carboxylic acids is 1. The minimum atomic E-state index is -3.77. The summed E-state index contributed by atoms with van der Waals surface area (Å²) < 4.78 is 27.1. The number of hydrogen-bond acceptors (Lipinski definition) is 7. The summed E-state index contributed by atoms with van der Waals surface area (Å²) in [7, 11) is -3.77. The monoisotopic (exact) mass is 534 g/mol. The fourth-order valence-corrected chi connectivity index (χ4v) is 6.88. The number of benzene rings is 1. The Bertz CT molecular complexity index is 1210. The zero-order valence-electron chi connectivity index (χ0n) is 20.1. The maximum absolute atomic E-state index is 13.3. The maximum Gasteiger partial charge on any atom is 0.374 e. The lowest BCUT2D eigenvalue weighted by molar-refractivity contribution is -0.155. The summed E-state index contributed by atoms with van der Waals surface area (Å²) >= 11 is 0. The summed E-state index contributed by atoms with van der Waals surface area (Å²) in [6.07, 6.45) is 0.531. The largest absolute Gasteiger partial charge is 0.475 e. The Labute approximate surface area is 214 Å². The second-order valence-electron chi connectivity index (χ2n) is 9.66. The minimum absolute atomic E-state index is 0.0530. The lowest BCUT2D eigenvalue weighted by Crippen LogP contribution is -2.66. The van der Waals surface area contributed by atoms with Gasteiger partial charge in [0.25, 0.3) is 5.78 Å². The Kier molecular flexibility index (Phi) is 7.24. The molecule has 14 heteroatoms.